The standard InChI is InChI=1S/C17H18N2/c1-2-4-13-10(3-1)7-8-18-17(13)19-16-14-11-5-6-12(9-11)15(14)16/h1-4,7-8,11-12,14-16H,5-6,9H2,(H,18,19). The Labute approximate surface area is 113 Å². The van der Waals surface area contributed by atoms with Crippen molar-refractivity contribution in [2.24, 2.45) is 23.7 Å². The number of anilines is 1. The van der Waals surface area contributed by atoms with Crippen molar-refractivity contribution in [1.29, 1.82) is 0 Å². The number of pyridine rings is 1. The van der Waals surface area contributed by atoms with Gasteiger partial charge in [0.15, 0.2) is 0 Å². The summed E-state index contributed by atoms with van der Waals surface area (Å²) < 4.78 is 0. The van der Waals surface area contributed by atoms with Crippen LogP contribution in [0.5, 0.6) is 0 Å². The first-order chi connectivity index (χ1) is 9.42. The van der Waals surface area contributed by atoms with Gasteiger partial charge in [0, 0.05) is 17.6 Å². The van der Waals surface area contributed by atoms with Gasteiger partial charge in [0.2, 0.25) is 0 Å². The molecule has 0 radical (unpaired) electrons. The number of aromatic nitrogens is 1. The van der Waals surface area contributed by atoms with Crippen LogP contribution in [0, 0.1) is 23.7 Å². The molecule has 1 aromatic heterocycles. The maximum atomic E-state index is 4.57. The molecule has 0 spiro atoms. The fraction of sp³-hybridized carbons (Fsp3) is 0.471. The Morgan fingerprint density at radius 3 is 2.63 bits per heavy atom. The van der Waals surface area contributed by atoms with E-state index >= 15 is 0 Å². The molecule has 4 atom stereocenters. The Morgan fingerprint density at radius 1 is 1.00 bits per heavy atom. The first-order valence-corrected chi connectivity index (χ1v) is 7.52. The van der Waals surface area contributed by atoms with E-state index in [1.807, 2.05) is 6.20 Å². The normalized spacial score (nSPS) is 38.4. The van der Waals surface area contributed by atoms with E-state index in [0.29, 0.717) is 6.04 Å². The van der Waals surface area contributed by atoms with Crippen molar-refractivity contribution in [3.63, 3.8) is 0 Å². The number of hydrogen-bond donors (Lipinski definition) is 1. The van der Waals surface area contributed by atoms with Crippen LogP contribution in [0.1, 0.15) is 19.3 Å². The van der Waals surface area contributed by atoms with Crippen LogP contribution in [0.4, 0.5) is 5.82 Å². The van der Waals surface area contributed by atoms with Crippen molar-refractivity contribution in [2.75, 3.05) is 5.32 Å². The topological polar surface area (TPSA) is 24.9 Å². The summed E-state index contributed by atoms with van der Waals surface area (Å²) in [4.78, 5) is 4.57. The second-order valence-electron chi connectivity index (χ2n) is 6.54. The SMILES string of the molecule is c1ccc2c(NC3C4C5CCC(C5)C34)nccc2c1. The first kappa shape index (κ1) is 10.2. The lowest BCUT2D eigenvalue weighted by atomic mass is 10.0. The van der Waals surface area contributed by atoms with Crippen LogP contribution in [0.25, 0.3) is 10.8 Å². The van der Waals surface area contributed by atoms with Gasteiger partial charge in [-0.2, -0.15) is 0 Å². The Hall–Kier alpha value is -1.57. The number of nitrogens with zero attached hydrogens (tertiary/aromatic N) is 1. The summed E-state index contributed by atoms with van der Waals surface area (Å²) in [5.74, 6) is 5.04. The Bertz CT molecular complexity index is 629. The van der Waals surface area contributed by atoms with Crippen molar-refractivity contribution < 1.29 is 0 Å². The minimum atomic E-state index is 0.713. The first-order valence-electron chi connectivity index (χ1n) is 7.52. The van der Waals surface area contributed by atoms with E-state index in [1.54, 1.807) is 0 Å². The molecular formula is C17H18N2. The van der Waals surface area contributed by atoms with E-state index < -0.39 is 0 Å². The number of hydrogen-bond acceptors (Lipinski definition) is 2. The highest BCUT2D eigenvalue weighted by atomic mass is 15.1. The van der Waals surface area contributed by atoms with Crippen LogP contribution in [0.2, 0.25) is 0 Å². The molecule has 2 aromatic rings. The van der Waals surface area contributed by atoms with Gasteiger partial charge in [-0.1, -0.05) is 24.3 Å². The third kappa shape index (κ3) is 1.35. The summed E-state index contributed by atoms with van der Waals surface area (Å²) in [6.45, 7) is 0. The van der Waals surface area contributed by atoms with Gasteiger partial charge < -0.3 is 5.32 Å². The zero-order valence-corrected chi connectivity index (χ0v) is 10.9. The third-order valence-corrected chi connectivity index (χ3v) is 5.71. The average molecular weight is 250 g/mol. The zero-order chi connectivity index (χ0) is 12.4. The van der Waals surface area contributed by atoms with E-state index in [4.69, 9.17) is 0 Å². The third-order valence-electron chi connectivity index (χ3n) is 5.71. The number of rotatable bonds is 2. The summed E-state index contributed by atoms with van der Waals surface area (Å²) in [6, 6.07) is 11.4. The van der Waals surface area contributed by atoms with Gasteiger partial charge in [0.1, 0.15) is 5.82 Å². The molecule has 0 aliphatic heterocycles. The minimum absolute atomic E-state index is 0.713. The molecule has 19 heavy (non-hydrogen) atoms. The second kappa shape index (κ2) is 3.50. The zero-order valence-electron chi connectivity index (χ0n) is 10.9. The molecular weight excluding hydrogens is 232 g/mol. The Balaban J connectivity index is 1.48. The Kier molecular flexibility index (Phi) is 1.89. The van der Waals surface area contributed by atoms with E-state index in [0.717, 1.165) is 29.5 Å². The van der Waals surface area contributed by atoms with Crippen molar-refractivity contribution in [1.82, 2.24) is 4.98 Å². The van der Waals surface area contributed by atoms with Crippen molar-refractivity contribution in [3.05, 3.63) is 36.5 Å². The van der Waals surface area contributed by atoms with E-state index in [2.05, 4.69) is 40.6 Å². The molecule has 96 valence electrons. The lowest BCUT2D eigenvalue weighted by molar-refractivity contribution is 0.456. The van der Waals surface area contributed by atoms with Crippen LogP contribution in [-0.2, 0) is 0 Å². The number of fused-ring (bicyclic) bond motifs is 6. The molecule has 1 aromatic carbocycles. The molecule has 2 heteroatoms. The maximum absolute atomic E-state index is 4.57. The molecule has 5 rings (SSSR count). The van der Waals surface area contributed by atoms with Crippen molar-refractivity contribution >= 4 is 16.6 Å². The molecule has 4 unspecified atom stereocenters. The van der Waals surface area contributed by atoms with Gasteiger partial charge in [-0.25, -0.2) is 4.98 Å². The van der Waals surface area contributed by atoms with Gasteiger partial charge in [0.05, 0.1) is 0 Å². The molecule has 3 aliphatic carbocycles. The molecule has 2 nitrogen and oxygen atoms in total. The molecule has 1 N–H and O–H groups in total. The molecule has 1 heterocycles. The second-order valence-corrected chi connectivity index (χ2v) is 6.54. The summed E-state index contributed by atoms with van der Waals surface area (Å²) in [5, 5.41) is 6.30. The molecule has 3 fully saturated rings. The van der Waals surface area contributed by atoms with E-state index in [-0.39, 0.29) is 0 Å². The van der Waals surface area contributed by atoms with Crippen LogP contribution in [0.15, 0.2) is 36.5 Å². The molecule has 0 amide bonds. The highest BCUT2D eigenvalue weighted by Gasteiger charge is 2.65. The van der Waals surface area contributed by atoms with Gasteiger partial charge in [-0.05, 0) is 54.4 Å². The fourth-order valence-electron chi connectivity index (χ4n) is 4.91. The summed E-state index contributed by atoms with van der Waals surface area (Å²) in [7, 11) is 0. The lowest BCUT2D eigenvalue weighted by Crippen LogP contribution is -2.13. The quantitative estimate of drug-likeness (QED) is 0.879. The predicted octanol–water partition coefficient (Wildman–Crippen LogP) is 3.69. The fourth-order valence-corrected chi connectivity index (χ4v) is 4.91. The van der Waals surface area contributed by atoms with Crippen LogP contribution < -0.4 is 5.32 Å². The molecule has 0 saturated heterocycles. The number of benzene rings is 1. The van der Waals surface area contributed by atoms with E-state index in [9.17, 15) is 0 Å². The predicted molar refractivity (Wildman–Crippen MR) is 77.0 cm³/mol. The largest absolute Gasteiger partial charge is 0.366 e. The molecule has 2 bridgehead atoms. The van der Waals surface area contributed by atoms with Crippen molar-refractivity contribution in [2.45, 2.75) is 25.3 Å². The van der Waals surface area contributed by atoms with E-state index in [1.165, 1.54) is 30.0 Å². The smallest absolute Gasteiger partial charge is 0.134 e. The van der Waals surface area contributed by atoms with Crippen molar-refractivity contribution in [3.8, 4) is 0 Å². The van der Waals surface area contributed by atoms with Crippen LogP contribution in [0.3, 0.4) is 0 Å². The Morgan fingerprint density at radius 2 is 1.79 bits per heavy atom. The monoisotopic (exact) mass is 250 g/mol. The highest BCUT2D eigenvalue weighted by Crippen LogP contribution is 2.66. The van der Waals surface area contributed by atoms with Gasteiger partial charge in [-0.3, -0.25) is 0 Å². The van der Waals surface area contributed by atoms with Gasteiger partial charge in [-0.15, -0.1) is 0 Å². The summed E-state index contributed by atoms with van der Waals surface area (Å²) >= 11 is 0. The summed E-state index contributed by atoms with van der Waals surface area (Å²) in [6.07, 6.45) is 6.40. The molecule has 3 aliphatic rings. The van der Waals surface area contributed by atoms with Gasteiger partial charge in [0.25, 0.3) is 0 Å². The van der Waals surface area contributed by atoms with Crippen LogP contribution >= 0.6 is 0 Å². The maximum Gasteiger partial charge on any atom is 0.134 e. The lowest BCUT2D eigenvalue weighted by Gasteiger charge is -2.12. The summed E-state index contributed by atoms with van der Waals surface area (Å²) in [5.41, 5.74) is 0. The van der Waals surface area contributed by atoms with Crippen LogP contribution in [-0.4, -0.2) is 11.0 Å². The number of nitrogens with one attached hydrogen (secondary N) is 1. The minimum Gasteiger partial charge on any atom is -0.366 e. The highest BCUT2D eigenvalue weighted by molar-refractivity contribution is 5.91. The average Bonchev–Trinajstić information content (AvgIpc) is 2.84. The molecule has 3 saturated carbocycles. The van der Waals surface area contributed by atoms with Gasteiger partial charge >= 0.3 is 0 Å².